The standard InChI is InChI=1S/C28H57NO6S/c1-26(2,3)12-15-32-18-20-34-22-21-33-19-17-31-14-10-11-25(30)23-36-28(7,8)24-29(9)13-16-35-27(4,5)6/h10-24H2,1-9H3. The summed E-state index contributed by atoms with van der Waals surface area (Å²) >= 11 is 1.73. The number of thioether (sulfide) groups is 1. The molecule has 216 valence electrons. The van der Waals surface area contributed by atoms with E-state index in [2.05, 4.69) is 67.3 Å². The lowest BCUT2D eigenvalue weighted by Crippen LogP contribution is -2.37. The zero-order valence-electron chi connectivity index (χ0n) is 24.9. The van der Waals surface area contributed by atoms with E-state index >= 15 is 0 Å². The van der Waals surface area contributed by atoms with Crippen LogP contribution in [-0.4, -0.2) is 106 Å². The topological polar surface area (TPSA) is 66.5 Å². The minimum Gasteiger partial charge on any atom is -0.379 e. The lowest BCUT2D eigenvalue weighted by molar-refractivity contribution is -0.117. The van der Waals surface area contributed by atoms with Crippen LogP contribution in [0.3, 0.4) is 0 Å². The molecular formula is C28H57NO6S. The molecule has 36 heavy (non-hydrogen) atoms. The lowest BCUT2D eigenvalue weighted by atomic mass is 9.93. The van der Waals surface area contributed by atoms with Crippen molar-refractivity contribution >= 4 is 17.5 Å². The largest absolute Gasteiger partial charge is 0.379 e. The molecule has 0 aliphatic carbocycles. The second-order valence-corrected chi connectivity index (χ2v) is 13.8. The molecule has 0 saturated heterocycles. The average Bonchev–Trinajstić information content (AvgIpc) is 2.73. The highest BCUT2D eigenvalue weighted by atomic mass is 32.2. The Labute approximate surface area is 226 Å². The molecule has 8 heteroatoms. The number of rotatable bonds is 23. The Morgan fingerprint density at radius 1 is 0.722 bits per heavy atom. The summed E-state index contributed by atoms with van der Waals surface area (Å²) in [5, 5.41) is 0. The Morgan fingerprint density at radius 3 is 1.72 bits per heavy atom. The van der Waals surface area contributed by atoms with Crippen molar-refractivity contribution in [2.75, 3.05) is 85.4 Å². The summed E-state index contributed by atoms with van der Waals surface area (Å²) in [4.78, 5) is 14.5. The molecule has 0 saturated carbocycles. The van der Waals surface area contributed by atoms with Gasteiger partial charge in [-0.25, -0.2) is 0 Å². The number of nitrogens with zero attached hydrogens (tertiary/aromatic N) is 1. The molecule has 0 radical (unpaired) electrons. The average molecular weight is 536 g/mol. The Morgan fingerprint density at radius 2 is 1.22 bits per heavy atom. The van der Waals surface area contributed by atoms with E-state index in [9.17, 15) is 4.79 Å². The van der Waals surface area contributed by atoms with Gasteiger partial charge < -0.3 is 28.6 Å². The van der Waals surface area contributed by atoms with Gasteiger partial charge >= 0.3 is 0 Å². The normalized spacial score (nSPS) is 13.1. The molecule has 0 fully saturated rings. The van der Waals surface area contributed by atoms with Crippen molar-refractivity contribution in [3.63, 3.8) is 0 Å². The van der Waals surface area contributed by atoms with Gasteiger partial charge in [-0.1, -0.05) is 20.8 Å². The Kier molecular flexibility index (Phi) is 19.7. The van der Waals surface area contributed by atoms with Crippen molar-refractivity contribution in [2.24, 2.45) is 5.41 Å². The number of likely N-dealkylation sites (N-methyl/N-ethyl adjacent to an activating group) is 1. The molecular weight excluding hydrogens is 478 g/mol. The van der Waals surface area contributed by atoms with E-state index in [-0.39, 0.29) is 16.1 Å². The summed E-state index contributed by atoms with van der Waals surface area (Å²) in [7, 11) is 2.11. The Bertz CT molecular complexity index is 545. The first-order valence-electron chi connectivity index (χ1n) is 13.5. The van der Waals surface area contributed by atoms with Crippen LogP contribution in [0.4, 0.5) is 0 Å². The second kappa shape index (κ2) is 19.8. The van der Waals surface area contributed by atoms with E-state index in [0.717, 1.165) is 32.5 Å². The van der Waals surface area contributed by atoms with Crippen molar-refractivity contribution in [2.45, 2.75) is 85.0 Å². The summed E-state index contributed by atoms with van der Waals surface area (Å²) in [6.07, 6.45) is 2.36. The molecule has 0 bridgehead atoms. The summed E-state index contributed by atoms with van der Waals surface area (Å²) in [6.45, 7) is 24.5. The van der Waals surface area contributed by atoms with Crippen LogP contribution in [-0.2, 0) is 28.5 Å². The molecule has 0 aliphatic heterocycles. The van der Waals surface area contributed by atoms with Crippen LogP contribution in [0.2, 0.25) is 0 Å². The third-order valence-electron chi connectivity index (χ3n) is 5.14. The highest BCUT2D eigenvalue weighted by molar-refractivity contribution is 8.01. The van der Waals surface area contributed by atoms with Crippen molar-refractivity contribution in [1.82, 2.24) is 4.90 Å². The van der Waals surface area contributed by atoms with Crippen LogP contribution in [0, 0.1) is 5.41 Å². The molecule has 0 atom stereocenters. The van der Waals surface area contributed by atoms with Crippen molar-refractivity contribution in [3.05, 3.63) is 0 Å². The number of ketones is 1. The zero-order valence-corrected chi connectivity index (χ0v) is 25.7. The van der Waals surface area contributed by atoms with Crippen molar-refractivity contribution < 1.29 is 28.5 Å². The fourth-order valence-corrected chi connectivity index (χ4v) is 4.15. The van der Waals surface area contributed by atoms with Gasteiger partial charge in [0.25, 0.3) is 0 Å². The molecule has 0 heterocycles. The molecule has 0 unspecified atom stereocenters. The van der Waals surface area contributed by atoms with Crippen molar-refractivity contribution in [1.29, 1.82) is 0 Å². The van der Waals surface area contributed by atoms with Gasteiger partial charge in [0, 0.05) is 37.5 Å². The van der Waals surface area contributed by atoms with Crippen molar-refractivity contribution in [3.8, 4) is 0 Å². The molecule has 0 rings (SSSR count). The zero-order chi connectivity index (χ0) is 27.5. The van der Waals surface area contributed by atoms with E-state index in [0.29, 0.717) is 70.4 Å². The van der Waals surface area contributed by atoms with Crippen LogP contribution < -0.4 is 0 Å². The SMILES string of the molecule is CN(CCOC(C)(C)C)CC(C)(C)SCC(=O)CCCOCCOCCOCCOCCC(C)(C)C. The number of hydrogen-bond donors (Lipinski definition) is 0. The maximum absolute atomic E-state index is 12.3. The van der Waals surface area contributed by atoms with E-state index in [4.69, 9.17) is 23.7 Å². The molecule has 0 aromatic heterocycles. The van der Waals surface area contributed by atoms with Gasteiger partial charge in [0.05, 0.1) is 57.6 Å². The number of hydrogen-bond acceptors (Lipinski definition) is 8. The highest BCUT2D eigenvalue weighted by Gasteiger charge is 2.22. The van der Waals surface area contributed by atoms with Crippen LogP contribution in [0.1, 0.15) is 74.7 Å². The first-order chi connectivity index (χ1) is 16.7. The first kappa shape index (κ1) is 35.8. The van der Waals surface area contributed by atoms with Gasteiger partial charge in [0.2, 0.25) is 0 Å². The maximum Gasteiger partial charge on any atom is 0.142 e. The summed E-state index contributed by atoms with van der Waals surface area (Å²) in [6, 6.07) is 0. The predicted molar refractivity (Wildman–Crippen MR) is 151 cm³/mol. The quantitative estimate of drug-likeness (QED) is 0.168. The third-order valence-corrected chi connectivity index (χ3v) is 6.52. The highest BCUT2D eigenvalue weighted by Crippen LogP contribution is 2.25. The first-order valence-corrected chi connectivity index (χ1v) is 14.5. The molecule has 0 aromatic carbocycles. The van der Waals surface area contributed by atoms with Gasteiger partial charge in [0.15, 0.2) is 0 Å². The van der Waals surface area contributed by atoms with E-state index in [1.165, 1.54) is 0 Å². The second-order valence-electron chi connectivity index (χ2n) is 12.1. The molecule has 0 amide bonds. The number of carbonyl (C=O) groups is 1. The molecule has 0 N–H and O–H groups in total. The Balaban J connectivity index is 3.55. The number of Topliss-reactive ketones (excluding diaryl/α,β-unsaturated/α-hetero) is 1. The number of ether oxygens (including phenoxy) is 5. The molecule has 0 aromatic rings. The van der Waals surface area contributed by atoms with Crippen LogP contribution >= 0.6 is 11.8 Å². The lowest BCUT2D eigenvalue weighted by Gasteiger charge is -2.30. The molecule has 0 spiro atoms. The molecule has 7 nitrogen and oxygen atoms in total. The fourth-order valence-electron chi connectivity index (χ4n) is 3.14. The summed E-state index contributed by atoms with van der Waals surface area (Å²) < 4.78 is 28.0. The van der Waals surface area contributed by atoms with Gasteiger partial charge in [-0.3, -0.25) is 4.79 Å². The maximum atomic E-state index is 12.3. The van der Waals surface area contributed by atoms with Gasteiger partial charge in [-0.2, -0.15) is 0 Å². The van der Waals surface area contributed by atoms with E-state index in [1.54, 1.807) is 11.8 Å². The third kappa shape index (κ3) is 26.8. The van der Waals surface area contributed by atoms with Gasteiger partial charge in [-0.05, 0) is 59.9 Å². The fraction of sp³-hybridized carbons (Fsp3) is 0.964. The smallest absolute Gasteiger partial charge is 0.142 e. The minimum absolute atomic E-state index is 0.0168. The van der Waals surface area contributed by atoms with E-state index in [1.807, 2.05) is 0 Å². The van der Waals surface area contributed by atoms with E-state index < -0.39 is 0 Å². The monoisotopic (exact) mass is 535 g/mol. The van der Waals surface area contributed by atoms with Crippen LogP contribution in [0.5, 0.6) is 0 Å². The Hall–Kier alpha value is -0.220. The number of carbonyl (C=O) groups excluding carboxylic acids is 1. The summed E-state index contributed by atoms with van der Waals surface area (Å²) in [5.74, 6) is 0.829. The summed E-state index contributed by atoms with van der Waals surface area (Å²) in [5.41, 5.74) is 0.201. The van der Waals surface area contributed by atoms with Gasteiger partial charge in [-0.15, -0.1) is 11.8 Å². The van der Waals surface area contributed by atoms with Crippen LogP contribution in [0.25, 0.3) is 0 Å². The minimum atomic E-state index is -0.106. The predicted octanol–water partition coefficient (Wildman–Crippen LogP) is 5.10. The van der Waals surface area contributed by atoms with Gasteiger partial charge in [0.1, 0.15) is 5.78 Å². The van der Waals surface area contributed by atoms with Crippen LogP contribution in [0.15, 0.2) is 0 Å². The molecule has 0 aliphatic rings.